The number of methoxy groups -OCH3 is 2. The van der Waals surface area contributed by atoms with E-state index in [2.05, 4.69) is 22.0 Å². The summed E-state index contributed by atoms with van der Waals surface area (Å²) in [7, 11) is 3.24. The SMILES string of the molecule is COc1ccccc1-c1ccc(C(=O)N2Cc3ccc(C(=O)N4CCN(c5ccncc5)CC4)n3C=C3C=CCC=C32)cc1OC. The molecule has 1 saturated heterocycles. The lowest BCUT2D eigenvalue weighted by Gasteiger charge is -2.36. The van der Waals surface area contributed by atoms with E-state index >= 15 is 0 Å². The molecule has 9 nitrogen and oxygen atoms in total. The summed E-state index contributed by atoms with van der Waals surface area (Å²) < 4.78 is 13.3. The Morgan fingerprint density at radius 3 is 2.35 bits per heavy atom. The van der Waals surface area contributed by atoms with Crippen molar-refractivity contribution in [2.75, 3.05) is 45.3 Å². The summed E-state index contributed by atoms with van der Waals surface area (Å²) in [5, 5.41) is 0. The van der Waals surface area contributed by atoms with Crippen molar-refractivity contribution < 1.29 is 19.1 Å². The lowest BCUT2D eigenvalue weighted by Crippen LogP contribution is -2.49. The molecule has 0 N–H and O–H groups in total. The van der Waals surface area contributed by atoms with Crippen molar-refractivity contribution in [3.05, 3.63) is 126 Å². The van der Waals surface area contributed by atoms with Gasteiger partial charge in [-0.1, -0.05) is 36.4 Å². The molecule has 0 radical (unpaired) electrons. The van der Waals surface area contributed by atoms with E-state index in [9.17, 15) is 9.59 Å². The van der Waals surface area contributed by atoms with Gasteiger partial charge in [0.2, 0.25) is 0 Å². The van der Waals surface area contributed by atoms with Crippen molar-refractivity contribution in [3.63, 3.8) is 0 Å². The average molecular weight is 614 g/mol. The number of anilines is 1. The Hall–Kier alpha value is -5.57. The fourth-order valence-electron chi connectivity index (χ4n) is 6.42. The van der Waals surface area contributed by atoms with Gasteiger partial charge >= 0.3 is 0 Å². The number of carbonyl (C=O) groups is 2. The van der Waals surface area contributed by atoms with Crippen LogP contribution in [-0.4, -0.2) is 71.6 Å². The molecule has 0 bridgehead atoms. The van der Waals surface area contributed by atoms with Gasteiger partial charge in [-0.15, -0.1) is 0 Å². The quantitative estimate of drug-likeness (QED) is 0.271. The minimum absolute atomic E-state index is 0.0146. The molecule has 4 aromatic rings. The van der Waals surface area contributed by atoms with E-state index in [0.717, 1.165) is 59.0 Å². The zero-order valence-corrected chi connectivity index (χ0v) is 25.9. The number of hydrogen-bond acceptors (Lipinski definition) is 6. The van der Waals surface area contributed by atoms with Gasteiger partial charge in [0.05, 0.1) is 20.8 Å². The standard InChI is InChI=1S/C37H35N5O4/c1-45-34-10-6-4-8-30(34)31-13-11-26(23-35(31)46-2)36(43)42-25-29-12-14-33(41(29)24-27-7-3-5-9-32(27)42)37(44)40-21-19-39(20-22-40)28-15-17-38-18-16-28/h3-4,6-18,23-24H,5,19-22,25H2,1-2H3. The summed E-state index contributed by atoms with van der Waals surface area (Å²) in [5.41, 5.74) is 6.51. The molecule has 2 aliphatic heterocycles. The number of rotatable bonds is 6. The molecule has 0 spiro atoms. The van der Waals surface area contributed by atoms with Gasteiger partial charge < -0.3 is 28.7 Å². The van der Waals surface area contributed by atoms with Crippen LogP contribution < -0.4 is 14.4 Å². The van der Waals surface area contributed by atoms with Crippen molar-refractivity contribution in [1.82, 2.24) is 19.4 Å². The molecule has 0 saturated carbocycles. The van der Waals surface area contributed by atoms with Gasteiger partial charge in [-0.05, 0) is 55.0 Å². The highest BCUT2D eigenvalue weighted by molar-refractivity contribution is 5.98. The van der Waals surface area contributed by atoms with Gasteiger partial charge in [0.25, 0.3) is 11.8 Å². The fraction of sp³-hybridized carbons (Fsp3) is 0.216. The van der Waals surface area contributed by atoms with E-state index in [4.69, 9.17) is 9.47 Å². The Bertz CT molecular complexity index is 1880. The number of fused-ring (bicyclic) bond motifs is 2. The maximum Gasteiger partial charge on any atom is 0.270 e. The third kappa shape index (κ3) is 5.34. The van der Waals surface area contributed by atoms with Crippen LogP contribution in [0, 0.1) is 0 Å². The molecular formula is C37H35N5O4. The van der Waals surface area contributed by atoms with Crippen molar-refractivity contribution in [2.45, 2.75) is 13.0 Å². The predicted octanol–water partition coefficient (Wildman–Crippen LogP) is 5.87. The van der Waals surface area contributed by atoms with Crippen LogP contribution in [0.4, 0.5) is 5.69 Å². The second kappa shape index (κ2) is 12.4. The lowest BCUT2D eigenvalue weighted by molar-refractivity contribution is 0.0739. The Kier molecular flexibility index (Phi) is 7.88. The maximum atomic E-state index is 14.3. The molecule has 232 valence electrons. The first-order valence-corrected chi connectivity index (χ1v) is 15.4. The van der Waals surface area contributed by atoms with E-state index < -0.39 is 0 Å². The largest absolute Gasteiger partial charge is 0.496 e. The van der Waals surface area contributed by atoms with Gasteiger partial charge in [-0.2, -0.15) is 0 Å². The Morgan fingerprint density at radius 1 is 0.804 bits per heavy atom. The molecule has 2 aromatic heterocycles. The average Bonchev–Trinajstić information content (AvgIpc) is 3.43. The summed E-state index contributed by atoms with van der Waals surface area (Å²) in [6.07, 6.45) is 12.4. The molecule has 0 atom stereocenters. The second-order valence-corrected chi connectivity index (χ2v) is 11.4. The molecule has 2 aromatic carbocycles. The summed E-state index contributed by atoms with van der Waals surface area (Å²) >= 11 is 0. The number of nitrogens with zero attached hydrogens (tertiary/aromatic N) is 5. The van der Waals surface area contributed by atoms with Crippen molar-refractivity contribution in [1.29, 1.82) is 0 Å². The number of aromatic nitrogens is 2. The third-order valence-electron chi connectivity index (χ3n) is 8.83. The first-order valence-electron chi connectivity index (χ1n) is 15.4. The fourth-order valence-corrected chi connectivity index (χ4v) is 6.42. The highest BCUT2D eigenvalue weighted by atomic mass is 16.5. The summed E-state index contributed by atoms with van der Waals surface area (Å²) in [4.78, 5) is 38.2. The molecule has 1 aliphatic carbocycles. The number of para-hydroxylation sites is 1. The van der Waals surface area contributed by atoms with Crippen molar-refractivity contribution in [2.24, 2.45) is 0 Å². The molecule has 46 heavy (non-hydrogen) atoms. The molecular weight excluding hydrogens is 578 g/mol. The molecule has 1 fully saturated rings. The highest BCUT2D eigenvalue weighted by Gasteiger charge is 2.31. The molecule has 7 rings (SSSR count). The second-order valence-electron chi connectivity index (χ2n) is 11.4. The molecule has 9 heteroatoms. The summed E-state index contributed by atoms with van der Waals surface area (Å²) in [6.45, 7) is 3.07. The third-order valence-corrected chi connectivity index (χ3v) is 8.83. The number of amides is 2. The number of ether oxygens (including phenoxy) is 2. The number of carbonyl (C=O) groups excluding carboxylic acids is 2. The van der Waals surface area contributed by atoms with Crippen LogP contribution in [0.5, 0.6) is 11.5 Å². The van der Waals surface area contributed by atoms with Crippen LogP contribution >= 0.6 is 0 Å². The highest BCUT2D eigenvalue weighted by Crippen LogP contribution is 2.38. The van der Waals surface area contributed by atoms with Gasteiger partial charge in [0.15, 0.2) is 0 Å². The molecule has 0 unspecified atom stereocenters. The van der Waals surface area contributed by atoms with Gasteiger partial charge in [0.1, 0.15) is 17.2 Å². The van der Waals surface area contributed by atoms with Gasteiger partial charge in [-0.25, -0.2) is 0 Å². The first-order chi connectivity index (χ1) is 22.6. The minimum Gasteiger partial charge on any atom is -0.496 e. The lowest BCUT2D eigenvalue weighted by atomic mass is 10.00. The number of hydrogen-bond donors (Lipinski definition) is 0. The number of benzene rings is 2. The van der Waals surface area contributed by atoms with E-state index in [1.54, 1.807) is 37.6 Å². The molecule has 3 aliphatic rings. The molecule has 4 heterocycles. The van der Waals surface area contributed by atoms with Gasteiger partial charge in [0, 0.05) is 84.1 Å². The number of allylic oxidation sites excluding steroid dienone is 3. The Balaban J connectivity index is 1.16. The summed E-state index contributed by atoms with van der Waals surface area (Å²) in [5.74, 6) is 1.15. The summed E-state index contributed by atoms with van der Waals surface area (Å²) in [6, 6.07) is 21.1. The number of piperazine rings is 1. The minimum atomic E-state index is -0.146. The van der Waals surface area contributed by atoms with Gasteiger partial charge in [-0.3, -0.25) is 14.6 Å². The van der Waals surface area contributed by atoms with E-state index in [1.165, 1.54) is 0 Å². The van der Waals surface area contributed by atoms with Crippen LogP contribution in [0.1, 0.15) is 33.0 Å². The molecule has 2 amide bonds. The van der Waals surface area contributed by atoms with E-state index in [0.29, 0.717) is 36.6 Å². The van der Waals surface area contributed by atoms with Crippen LogP contribution in [0.25, 0.3) is 17.3 Å². The first kappa shape index (κ1) is 29.2. The Labute approximate surface area is 268 Å². The zero-order chi connectivity index (χ0) is 31.6. The normalized spacial score (nSPS) is 15.7. The monoisotopic (exact) mass is 613 g/mol. The predicted molar refractivity (Wildman–Crippen MR) is 178 cm³/mol. The zero-order valence-electron chi connectivity index (χ0n) is 25.9. The smallest absolute Gasteiger partial charge is 0.270 e. The topological polar surface area (TPSA) is 80.1 Å². The van der Waals surface area contributed by atoms with E-state index in [-0.39, 0.29) is 11.8 Å². The van der Waals surface area contributed by atoms with Crippen LogP contribution in [-0.2, 0) is 6.54 Å². The van der Waals surface area contributed by atoms with Crippen molar-refractivity contribution >= 4 is 23.7 Å². The van der Waals surface area contributed by atoms with Crippen LogP contribution in [0.3, 0.4) is 0 Å². The van der Waals surface area contributed by atoms with Crippen LogP contribution in [0.2, 0.25) is 0 Å². The van der Waals surface area contributed by atoms with Crippen LogP contribution in [0.15, 0.2) is 109 Å². The van der Waals surface area contributed by atoms with Crippen molar-refractivity contribution in [3.8, 4) is 22.6 Å². The van der Waals surface area contributed by atoms with E-state index in [1.807, 2.05) is 82.4 Å². The number of pyridine rings is 1. The Morgan fingerprint density at radius 2 is 1.57 bits per heavy atom. The maximum absolute atomic E-state index is 14.3.